The number of halogens is 2. The van der Waals surface area contributed by atoms with Gasteiger partial charge in [0.2, 0.25) is 0 Å². The molecule has 0 saturated carbocycles. The summed E-state index contributed by atoms with van der Waals surface area (Å²) in [5.74, 6) is 4.79. The molecule has 2 atom stereocenters. The molecular formula is C23H16F2N2O2. The summed E-state index contributed by atoms with van der Waals surface area (Å²) in [5, 5.41) is 2.70. The molecule has 0 bridgehead atoms. The predicted octanol–water partition coefficient (Wildman–Crippen LogP) is 4.46. The number of nitrogens with zero attached hydrogens (tertiary/aromatic N) is 1. The van der Waals surface area contributed by atoms with Crippen LogP contribution in [0, 0.1) is 23.5 Å². The minimum Gasteiger partial charge on any atom is -0.438 e. The summed E-state index contributed by atoms with van der Waals surface area (Å²) < 4.78 is 33.4. The van der Waals surface area contributed by atoms with Crippen LogP contribution in [0.2, 0.25) is 0 Å². The summed E-state index contributed by atoms with van der Waals surface area (Å²) in [6, 6.07) is 14.3. The van der Waals surface area contributed by atoms with Crippen LogP contribution in [0.15, 0.2) is 67.0 Å². The zero-order valence-corrected chi connectivity index (χ0v) is 15.4. The van der Waals surface area contributed by atoms with E-state index in [-0.39, 0.29) is 5.56 Å². The fourth-order valence-electron chi connectivity index (χ4n) is 3.30. The summed E-state index contributed by atoms with van der Waals surface area (Å²) in [7, 11) is 0. The van der Waals surface area contributed by atoms with Crippen LogP contribution in [-0.4, -0.2) is 11.1 Å². The fourth-order valence-corrected chi connectivity index (χ4v) is 3.30. The van der Waals surface area contributed by atoms with Crippen LogP contribution in [0.4, 0.5) is 13.6 Å². The highest BCUT2D eigenvalue weighted by atomic mass is 19.1. The standard InChI is InChI=1S/C23H16F2N2O2/c1-23(21(29-22(28)27-23)19-12-18(24)9-10-20(19)25)17-11-16(13-26-14-17)8-7-15-5-3-2-4-6-15/h2-6,9-14,21H,1H3,(H,27,28)/t21-,23+/m0/s1. The van der Waals surface area contributed by atoms with Gasteiger partial charge in [-0.1, -0.05) is 30.0 Å². The lowest BCUT2D eigenvalue weighted by Gasteiger charge is -2.29. The van der Waals surface area contributed by atoms with Crippen molar-refractivity contribution in [3.63, 3.8) is 0 Å². The number of pyridine rings is 1. The summed E-state index contributed by atoms with van der Waals surface area (Å²) >= 11 is 0. The molecule has 2 aromatic carbocycles. The second-order valence-electron chi connectivity index (χ2n) is 6.86. The minimum atomic E-state index is -1.15. The molecule has 0 unspecified atom stereocenters. The number of rotatable bonds is 2. The molecule has 144 valence electrons. The van der Waals surface area contributed by atoms with Gasteiger partial charge in [-0.05, 0) is 43.3 Å². The first-order valence-electron chi connectivity index (χ1n) is 8.92. The lowest BCUT2D eigenvalue weighted by atomic mass is 9.83. The normalized spacial score (nSPS) is 20.4. The summed E-state index contributed by atoms with van der Waals surface area (Å²) in [6.45, 7) is 1.68. The molecular weight excluding hydrogens is 374 g/mol. The van der Waals surface area contributed by atoms with Crippen LogP contribution in [0.25, 0.3) is 0 Å². The quantitative estimate of drug-likeness (QED) is 0.658. The van der Waals surface area contributed by atoms with Crippen molar-refractivity contribution in [2.45, 2.75) is 18.6 Å². The Morgan fingerprint density at radius 1 is 1.03 bits per heavy atom. The highest BCUT2D eigenvalue weighted by Crippen LogP contribution is 2.42. The Morgan fingerprint density at radius 3 is 2.59 bits per heavy atom. The van der Waals surface area contributed by atoms with E-state index in [0.717, 1.165) is 23.8 Å². The van der Waals surface area contributed by atoms with Crippen molar-refractivity contribution in [3.05, 3.63) is 101 Å². The van der Waals surface area contributed by atoms with E-state index in [1.165, 1.54) is 0 Å². The Balaban J connectivity index is 1.73. The van der Waals surface area contributed by atoms with Gasteiger partial charge in [0.15, 0.2) is 6.10 Å². The first kappa shape index (κ1) is 18.6. The van der Waals surface area contributed by atoms with Gasteiger partial charge < -0.3 is 10.1 Å². The zero-order valence-electron chi connectivity index (χ0n) is 15.4. The van der Waals surface area contributed by atoms with Crippen molar-refractivity contribution in [1.29, 1.82) is 0 Å². The van der Waals surface area contributed by atoms with Gasteiger partial charge in [-0.3, -0.25) is 4.98 Å². The van der Waals surface area contributed by atoms with E-state index in [1.807, 2.05) is 30.3 Å². The monoisotopic (exact) mass is 390 g/mol. The van der Waals surface area contributed by atoms with Gasteiger partial charge in [0.05, 0.1) is 0 Å². The third kappa shape index (κ3) is 3.67. The van der Waals surface area contributed by atoms with Crippen molar-refractivity contribution in [2.75, 3.05) is 0 Å². The van der Waals surface area contributed by atoms with E-state index in [1.54, 1.807) is 25.4 Å². The maximum absolute atomic E-state index is 14.4. The Kier molecular flexibility index (Phi) is 4.73. The summed E-state index contributed by atoms with van der Waals surface area (Å²) in [5.41, 5.74) is 0.834. The summed E-state index contributed by atoms with van der Waals surface area (Å²) in [6.07, 6.45) is 1.36. The number of benzene rings is 2. The van der Waals surface area contributed by atoms with Gasteiger partial charge in [-0.15, -0.1) is 0 Å². The number of hydrogen-bond donors (Lipinski definition) is 1. The third-order valence-corrected chi connectivity index (χ3v) is 4.81. The van der Waals surface area contributed by atoms with E-state index in [0.29, 0.717) is 11.1 Å². The summed E-state index contributed by atoms with van der Waals surface area (Å²) in [4.78, 5) is 16.2. The van der Waals surface area contributed by atoms with Crippen LogP contribution in [0.3, 0.4) is 0 Å². The van der Waals surface area contributed by atoms with E-state index in [2.05, 4.69) is 22.1 Å². The maximum atomic E-state index is 14.4. The number of alkyl carbamates (subject to hydrolysis) is 1. The molecule has 4 nitrogen and oxygen atoms in total. The number of cyclic esters (lactones) is 1. The number of nitrogens with one attached hydrogen (secondary N) is 1. The number of carbonyl (C=O) groups excluding carboxylic acids is 1. The Morgan fingerprint density at radius 2 is 1.79 bits per heavy atom. The molecule has 1 amide bonds. The number of amides is 1. The highest BCUT2D eigenvalue weighted by Gasteiger charge is 2.48. The van der Waals surface area contributed by atoms with E-state index < -0.39 is 29.4 Å². The molecule has 2 heterocycles. The van der Waals surface area contributed by atoms with Crippen molar-refractivity contribution >= 4 is 6.09 Å². The molecule has 1 fully saturated rings. The number of ether oxygens (including phenoxy) is 1. The Bertz CT molecular complexity index is 1140. The molecule has 3 aromatic rings. The molecule has 4 rings (SSSR count). The lowest BCUT2D eigenvalue weighted by molar-refractivity contribution is 0.109. The topological polar surface area (TPSA) is 51.2 Å². The van der Waals surface area contributed by atoms with Crippen molar-refractivity contribution in [1.82, 2.24) is 10.3 Å². The second kappa shape index (κ2) is 7.36. The van der Waals surface area contributed by atoms with Crippen molar-refractivity contribution in [2.24, 2.45) is 0 Å². The molecule has 1 N–H and O–H groups in total. The average molecular weight is 390 g/mol. The first-order chi connectivity index (χ1) is 14.0. The SMILES string of the molecule is C[C@]1(c2cncc(C#Cc3ccccc3)c2)NC(=O)O[C@H]1c1cc(F)ccc1F. The van der Waals surface area contributed by atoms with E-state index >= 15 is 0 Å². The maximum Gasteiger partial charge on any atom is 0.408 e. The van der Waals surface area contributed by atoms with E-state index in [9.17, 15) is 13.6 Å². The van der Waals surface area contributed by atoms with Gasteiger partial charge in [-0.2, -0.15) is 0 Å². The van der Waals surface area contributed by atoms with Crippen LogP contribution < -0.4 is 5.32 Å². The minimum absolute atomic E-state index is 0.0494. The number of aromatic nitrogens is 1. The Labute approximate surface area is 166 Å². The van der Waals surface area contributed by atoms with Crippen molar-refractivity contribution < 1.29 is 18.3 Å². The number of hydrogen-bond acceptors (Lipinski definition) is 3. The molecule has 1 aliphatic heterocycles. The molecule has 1 aromatic heterocycles. The van der Waals surface area contributed by atoms with E-state index in [4.69, 9.17) is 4.74 Å². The van der Waals surface area contributed by atoms with Crippen LogP contribution in [0.1, 0.15) is 35.3 Å². The van der Waals surface area contributed by atoms with Gasteiger partial charge >= 0.3 is 6.09 Å². The van der Waals surface area contributed by atoms with Crippen LogP contribution >= 0.6 is 0 Å². The molecule has 29 heavy (non-hydrogen) atoms. The Hall–Kier alpha value is -3.72. The first-order valence-corrected chi connectivity index (χ1v) is 8.92. The largest absolute Gasteiger partial charge is 0.438 e. The molecule has 0 aliphatic carbocycles. The van der Waals surface area contributed by atoms with Gasteiger partial charge in [0, 0.05) is 34.6 Å². The molecule has 6 heteroatoms. The lowest BCUT2D eigenvalue weighted by Crippen LogP contribution is -2.39. The zero-order chi connectivity index (χ0) is 20.4. The van der Waals surface area contributed by atoms with Gasteiger partial charge in [0.1, 0.15) is 17.2 Å². The third-order valence-electron chi connectivity index (χ3n) is 4.81. The average Bonchev–Trinajstić information content (AvgIpc) is 3.04. The van der Waals surface area contributed by atoms with Gasteiger partial charge in [-0.25, -0.2) is 13.6 Å². The van der Waals surface area contributed by atoms with Crippen LogP contribution in [-0.2, 0) is 10.3 Å². The highest BCUT2D eigenvalue weighted by molar-refractivity contribution is 5.72. The molecule has 1 saturated heterocycles. The smallest absolute Gasteiger partial charge is 0.408 e. The van der Waals surface area contributed by atoms with Crippen molar-refractivity contribution in [3.8, 4) is 11.8 Å². The molecule has 0 radical (unpaired) electrons. The predicted molar refractivity (Wildman–Crippen MR) is 103 cm³/mol. The van der Waals surface area contributed by atoms with Gasteiger partial charge in [0.25, 0.3) is 0 Å². The number of carbonyl (C=O) groups is 1. The van der Waals surface area contributed by atoms with Crippen LogP contribution in [0.5, 0.6) is 0 Å². The fraction of sp³-hybridized carbons (Fsp3) is 0.130. The molecule has 1 aliphatic rings. The second-order valence-corrected chi connectivity index (χ2v) is 6.86. The molecule has 0 spiro atoms.